The first-order valence-corrected chi connectivity index (χ1v) is 15.1. The molecule has 0 aromatic heterocycles. The molecule has 1 saturated heterocycles. The van der Waals surface area contributed by atoms with Crippen molar-refractivity contribution in [2.75, 3.05) is 0 Å². The van der Waals surface area contributed by atoms with Crippen LogP contribution < -0.4 is 0 Å². The Morgan fingerprint density at radius 3 is 2.55 bits per heavy atom. The highest BCUT2D eigenvalue weighted by Crippen LogP contribution is 2.60. The summed E-state index contributed by atoms with van der Waals surface area (Å²) in [6.07, 6.45) is 14.8. The van der Waals surface area contributed by atoms with E-state index >= 15 is 0 Å². The molecule has 0 bridgehead atoms. The zero-order valence-corrected chi connectivity index (χ0v) is 20.5. The zero-order valence-electron chi connectivity index (χ0n) is 19.5. The van der Waals surface area contributed by atoms with E-state index in [1.54, 1.807) is 23.7 Å². The summed E-state index contributed by atoms with van der Waals surface area (Å²) in [6.45, 7) is 12.1. The van der Waals surface area contributed by atoms with Crippen LogP contribution in [0.3, 0.4) is 0 Å². The second kappa shape index (κ2) is 8.58. The van der Waals surface area contributed by atoms with Crippen LogP contribution in [0.1, 0.15) is 69.6 Å². The van der Waals surface area contributed by atoms with Crippen LogP contribution in [0.15, 0.2) is 36.4 Å². The average Bonchev–Trinajstić information content (AvgIpc) is 3.05. The topological polar surface area (TPSA) is 0 Å². The van der Waals surface area contributed by atoms with Crippen LogP contribution >= 0.6 is 0 Å². The fourth-order valence-corrected chi connectivity index (χ4v) is 15.2. The zero-order chi connectivity index (χ0) is 20.6. The molecule has 0 N–H and O–H groups in total. The number of hydrogen-bond donors (Lipinski definition) is 0. The van der Waals surface area contributed by atoms with Gasteiger partial charge in [-0.1, -0.05) is 107 Å². The Kier molecular flexibility index (Phi) is 6.26. The quantitative estimate of drug-likeness (QED) is 0.429. The van der Waals surface area contributed by atoms with Crippen LogP contribution in [0.2, 0.25) is 23.7 Å². The Bertz CT molecular complexity index is 780. The van der Waals surface area contributed by atoms with E-state index in [-0.39, 0.29) is 0 Å². The summed E-state index contributed by atoms with van der Waals surface area (Å²) >= 11 is 0. The van der Waals surface area contributed by atoms with Gasteiger partial charge in [0.1, 0.15) is 0 Å². The first-order valence-electron chi connectivity index (χ1n) is 12.4. The van der Waals surface area contributed by atoms with Crippen LogP contribution in [0.5, 0.6) is 0 Å². The smallest absolute Gasteiger partial charge is 0.0578 e. The van der Waals surface area contributed by atoms with Gasteiger partial charge in [0.25, 0.3) is 0 Å². The van der Waals surface area contributed by atoms with Gasteiger partial charge in [-0.15, -0.1) is 0 Å². The Hall–Kier alpha value is -1.08. The maximum absolute atomic E-state index is 2.64. The molecule has 1 heteroatoms. The highest BCUT2D eigenvalue weighted by Gasteiger charge is 2.53. The first-order chi connectivity index (χ1) is 13.9. The third-order valence-corrected chi connectivity index (χ3v) is 15.4. The van der Waals surface area contributed by atoms with Gasteiger partial charge in [0.2, 0.25) is 0 Å². The predicted octanol–water partition coefficient (Wildman–Crippen LogP) is 8.58. The van der Waals surface area contributed by atoms with Crippen LogP contribution in [0.4, 0.5) is 0 Å². The lowest BCUT2D eigenvalue weighted by Gasteiger charge is -2.46. The van der Waals surface area contributed by atoms with Crippen LogP contribution in [-0.2, 0) is 0 Å². The maximum Gasteiger partial charge on any atom is 0.0578 e. The Balaban J connectivity index is 1.68. The fraction of sp³-hybridized carbons (Fsp3) is 0.643. The van der Waals surface area contributed by atoms with Crippen molar-refractivity contribution >= 4 is 13.6 Å². The van der Waals surface area contributed by atoms with Crippen molar-refractivity contribution in [3.05, 3.63) is 53.1 Å². The van der Waals surface area contributed by atoms with Gasteiger partial charge < -0.3 is 0 Å². The molecule has 2 aliphatic carbocycles. The molecular formula is C28H42Si. The number of hydrogen-bond acceptors (Lipinski definition) is 0. The van der Waals surface area contributed by atoms with Gasteiger partial charge in [-0.05, 0) is 66.2 Å². The van der Waals surface area contributed by atoms with Gasteiger partial charge in [-0.3, -0.25) is 0 Å². The molecule has 1 aromatic carbocycles. The molecule has 0 amide bonds. The summed E-state index contributed by atoms with van der Waals surface area (Å²) in [5.74, 6) is 3.38. The Labute approximate surface area is 180 Å². The van der Waals surface area contributed by atoms with Crippen molar-refractivity contribution in [2.24, 2.45) is 23.7 Å². The number of rotatable bonds is 5. The molecular weight excluding hydrogens is 364 g/mol. The lowest BCUT2D eigenvalue weighted by Crippen LogP contribution is -2.46. The monoisotopic (exact) mass is 406 g/mol. The summed E-state index contributed by atoms with van der Waals surface area (Å²) in [7, 11) is -1.24. The van der Waals surface area contributed by atoms with E-state index in [1.807, 2.05) is 0 Å². The molecule has 29 heavy (non-hydrogen) atoms. The van der Waals surface area contributed by atoms with E-state index in [2.05, 4.69) is 71.0 Å². The van der Waals surface area contributed by atoms with E-state index in [9.17, 15) is 0 Å². The summed E-state index contributed by atoms with van der Waals surface area (Å²) in [4.78, 5) is 0. The van der Waals surface area contributed by atoms with Crippen molar-refractivity contribution < 1.29 is 0 Å². The average molecular weight is 407 g/mol. The number of allylic oxidation sites excluding steroid dienone is 4. The molecule has 1 heterocycles. The normalized spacial score (nSPS) is 32.0. The summed E-state index contributed by atoms with van der Waals surface area (Å²) in [5.41, 5.74) is 7.02. The molecule has 1 aromatic rings. The summed E-state index contributed by atoms with van der Waals surface area (Å²) < 4.78 is 0. The number of aryl methyl sites for hydroxylation is 2. The third kappa shape index (κ3) is 3.97. The molecule has 0 nitrogen and oxygen atoms in total. The lowest BCUT2D eigenvalue weighted by atomic mass is 9.80. The molecule has 2 fully saturated rings. The minimum absolute atomic E-state index is 0.754. The van der Waals surface area contributed by atoms with E-state index in [0.29, 0.717) is 0 Å². The maximum atomic E-state index is 2.64. The molecule has 0 radical (unpaired) electrons. The highest BCUT2D eigenvalue weighted by molar-refractivity contribution is 6.81. The van der Waals surface area contributed by atoms with Gasteiger partial charge in [0, 0.05) is 0 Å². The number of fused-ring (bicyclic) bond motifs is 1. The summed E-state index contributed by atoms with van der Waals surface area (Å²) in [6, 6.07) is 11.9. The van der Waals surface area contributed by atoms with Crippen molar-refractivity contribution in [1.82, 2.24) is 0 Å². The third-order valence-electron chi connectivity index (χ3n) is 8.83. The van der Waals surface area contributed by atoms with Gasteiger partial charge >= 0.3 is 0 Å². The van der Waals surface area contributed by atoms with Crippen molar-refractivity contribution in [3.8, 4) is 0 Å². The van der Waals surface area contributed by atoms with Gasteiger partial charge in [-0.2, -0.15) is 0 Å². The molecule has 3 aliphatic rings. The predicted molar refractivity (Wildman–Crippen MR) is 131 cm³/mol. The first kappa shape index (κ1) is 21.2. The van der Waals surface area contributed by atoms with Crippen molar-refractivity contribution in [3.63, 3.8) is 0 Å². The van der Waals surface area contributed by atoms with Crippen molar-refractivity contribution in [1.29, 1.82) is 0 Å². The van der Waals surface area contributed by atoms with Gasteiger partial charge in [0.15, 0.2) is 0 Å². The molecule has 0 spiro atoms. The van der Waals surface area contributed by atoms with E-state index in [0.717, 1.165) is 29.2 Å². The van der Waals surface area contributed by atoms with Crippen molar-refractivity contribution in [2.45, 2.75) is 90.4 Å². The fourth-order valence-electron chi connectivity index (χ4n) is 7.54. The van der Waals surface area contributed by atoms with Crippen LogP contribution in [0.25, 0.3) is 5.57 Å². The molecule has 4 rings (SSSR count). The minimum Gasteiger partial charge on any atom is -0.0808 e. The molecule has 5 unspecified atom stereocenters. The molecule has 1 saturated carbocycles. The number of benzene rings is 1. The largest absolute Gasteiger partial charge is 0.0808 e. The second-order valence-electron chi connectivity index (χ2n) is 10.9. The SMILES string of the molecule is CCC(C)C[Si]1(C2C(C)CC3C(c4ccc(C)cc4C)=CC=CC32)CCCCC1. The standard InChI is InChI=1S/C28H42Si/c1-6-20(2)19-29(15-8-7-9-16-29)28-23(5)18-27-25(11-10-12-26(27)28)24-14-13-21(3)17-22(24)4/h10-14,17,20,23,26-28H,6-9,15-16,18-19H2,1-5H3. The van der Waals surface area contributed by atoms with E-state index < -0.39 is 8.07 Å². The van der Waals surface area contributed by atoms with Crippen LogP contribution in [-0.4, -0.2) is 8.07 Å². The van der Waals surface area contributed by atoms with Crippen LogP contribution in [0, 0.1) is 37.5 Å². The minimum atomic E-state index is -1.24. The van der Waals surface area contributed by atoms with E-state index in [1.165, 1.54) is 48.8 Å². The Morgan fingerprint density at radius 2 is 1.86 bits per heavy atom. The molecule has 158 valence electrons. The second-order valence-corrected chi connectivity index (χ2v) is 15.7. The molecule has 5 atom stereocenters. The van der Waals surface area contributed by atoms with Gasteiger partial charge in [-0.25, -0.2) is 0 Å². The van der Waals surface area contributed by atoms with E-state index in [4.69, 9.17) is 0 Å². The molecule has 1 aliphatic heterocycles. The van der Waals surface area contributed by atoms with Gasteiger partial charge in [0.05, 0.1) is 8.07 Å². The Morgan fingerprint density at radius 1 is 1.10 bits per heavy atom. The highest BCUT2D eigenvalue weighted by atomic mass is 28.3. The summed E-state index contributed by atoms with van der Waals surface area (Å²) in [5, 5.41) is 0. The lowest BCUT2D eigenvalue weighted by molar-refractivity contribution is 0.508.